The van der Waals surface area contributed by atoms with Crippen molar-refractivity contribution in [2.24, 2.45) is 5.73 Å². The third kappa shape index (κ3) is 5.66. The van der Waals surface area contributed by atoms with Crippen LogP contribution in [0.4, 0.5) is 0 Å². The number of carbonyl (C=O) groups excluding carboxylic acids is 1. The van der Waals surface area contributed by atoms with Crippen LogP contribution in [0, 0.1) is 0 Å². The van der Waals surface area contributed by atoms with Gasteiger partial charge in [-0.3, -0.25) is 9.36 Å². The van der Waals surface area contributed by atoms with E-state index in [4.69, 9.17) is 20.1 Å². The van der Waals surface area contributed by atoms with Crippen molar-refractivity contribution in [2.75, 3.05) is 0 Å². The van der Waals surface area contributed by atoms with Gasteiger partial charge < -0.3 is 15.5 Å². The van der Waals surface area contributed by atoms with E-state index in [1.54, 1.807) is 6.07 Å². The molecule has 0 saturated heterocycles. The molecule has 1 rings (SSSR count). The molecular formula is C10H16NO4P. The monoisotopic (exact) mass is 245 g/mol. The van der Waals surface area contributed by atoms with Crippen LogP contribution in [0.25, 0.3) is 0 Å². The van der Waals surface area contributed by atoms with Gasteiger partial charge in [0.2, 0.25) is 5.91 Å². The average molecular weight is 245 g/mol. The Morgan fingerprint density at radius 2 is 1.75 bits per heavy atom. The summed E-state index contributed by atoms with van der Waals surface area (Å²) in [4.78, 5) is 25.3. The summed E-state index contributed by atoms with van der Waals surface area (Å²) < 4.78 is 8.74. The van der Waals surface area contributed by atoms with Gasteiger partial charge in [0.1, 0.15) is 0 Å². The van der Waals surface area contributed by atoms with Crippen molar-refractivity contribution in [3.8, 4) is 0 Å². The normalized spacial score (nSPS) is 9.88. The molecule has 0 aliphatic rings. The lowest BCUT2D eigenvalue weighted by Gasteiger charge is -2.08. The van der Waals surface area contributed by atoms with E-state index in [-0.39, 0.29) is 5.91 Å². The van der Waals surface area contributed by atoms with E-state index in [1.807, 2.05) is 32.0 Å². The van der Waals surface area contributed by atoms with E-state index in [0.29, 0.717) is 11.5 Å². The van der Waals surface area contributed by atoms with E-state index in [1.165, 1.54) is 0 Å². The Balaban J connectivity index is 0.000000487. The molecule has 0 spiro atoms. The molecule has 0 heterocycles. The number of benzene rings is 1. The predicted molar refractivity (Wildman–Crippen MR) is 62.5 cm³/mol. The summed E-state index contributed by atoms with van der Waals surface area (Å²) in [5.74, 6) is -0.00648. The molecule has 1 aromatic carbocycles. The van der Waals surface area contributed by atoms with Crippen molar-refractivity contribution in [1.29, 1.82) is 0 Å². The van der Waals surface area contributed by atoms with E-state index in [2.05, 4.69) is 0 Å². The van der Waals surface area contributed by atoms with E-state index < -0.39 is 8.25 Å². The van der Waals surface area contributed by atoms with Gasteiger partial charge in [-0.15, -0.1) is 0 Å². The van der Waals surface area contributed by atoms with Crippen LogP contribution in [0.15, 0.2) is 24.3 Å². The first kappa shape index (κ1) is 14.8. The van der Waals surface area contributed by atoms with E-state index in [0.717, 1.165) is 5.56 Å². The first-order chi connectivity index (χ1) is 7.36. The van der Waals surface area contributed by atoms with Crippen LogP contribution in [-0.2, 0) is 4.57 Å². The number of rotatable bonds is 2. The smallest absolute Gasteiger partial charge is 0.314 e. The van der Waals surface area contributed by atoms with Gasteiger partial charge in [-0.2, -0.15) is 0 Å². The van der Waals surface area contributed by atoms with Crippen LogP contribution in [-0.4, -0.2) is 15.7 Å². The highest BCUT2D eigenvalue weighted by Crippen LogP contribution is 2.18. The Bertz CT molecular complexity index is 375. The first-order valence-electron chi connectivity index (χ1n) is 4.66. The van der Waals surface area contributed by atoms with Gasteiger partial charge in [0.05, 0.1) is 0 Å². The lowest BCUT2D eigenvalue weighted by molar-refractivity contribution is 0.0999. The molecule has 0 atom stereocenters. The molecule has 0 bridgehead atoms. The average Bonchev–Trinajstić information content (AvgIpc) is 2.16. The molecule has 0 aliphatic heterocycles. The molecule has 6 heteroatoms. The first-order valence-corrected chi connectivity index (χ1v) is 5.97. The van der Waals surface area contributed by atoms with Gasteiger partial charge in [-0.25, -0.2) is 0 Å². The molecule has 16 heavy (non-hydrogen) atoms. The van der Waals surface area contributed by atoms with Gasteiger partial charge in [-0.05, 0) is 17.5 Å². The van der Waals surface area contributed by atoms with Gasteiger partial charge in [0.15, 0.2) is 0 Å². The molecule has 1 amide bonds. The number of nitrogens with two attached hydrogens (primary N) is 1. The number of hydrogen-bond acceptors (Lipinski definition) is 2. The van der Waals surface area contributed by atoms with Crippen LogP contribution < -0.4 is 5.73 Å². The maximum atomic E-state index is 10.9. The van der Waals surface area contributed by atoms with Crippen LogP contribution in [0.2, 0.25) is 0 Å². The topological polar surface area (TPSA) is 101 Å². The third-order valence-corrected chi connectivity index (χ3v) is 1.85. The summed E-state index contributed by atoms with van der Waals surface area (Å²) in [6.45, 7) is 4.09. The lowest BCUT2D eigenvalue weighted by atomic mass is 9.97. The van der Waals surface area contributed by atoms with Gasteiger partial charge >= 0.3 is 8.25 Å². The zero-order valence-corrected chi connectivity index (χ0v) is 10.2. The summed E-state index contributed by atoms with van der Waals surface area (Å²) in [6, 6.07) is 7.44. The number of carbonyl (C=O) groups is 1. The Labute approximate surface area is 94.9 Å². The molecule has 0 fully saturated rings. The summed E-state index contributed by atoms with van der Waals surface area (Å²) in [6.07, 6.45) is 0. The molecule has 0 aromatic heterocycles. The number of amides is 1. The number of hydrogen-bond donors (Lipinski definition) is 3. The number of primary amides is 1. The molecule has 1 aromatic rings. The standard InChI is InChI=1S/C10H13NO.H3O3P/c1-7(2)8-5-3-4-6-9(8)10(11)12;1-4(2)3/h3-7H,1-2H3,(H2,11,12);4H,(H2,1,2,3). The van der Waals surface area contributed by atoms with Crippen molar-refractivity contribution in [1.82, 2.24) is 0 Å². The second-order valence-electron chi connectivity index (χ2n) is 3.39. The fourth-order valence-corrected chi connectivity index (χ4v) is 1.22. The minimum Gasteiger partial charge on any atom is -0.366 e. The molecule has 0 saturated carbocycles. The van der Waals surface area contributed by atoms with E-state index in [9.17, 15) is 4.79 Å². The Morgan fingerprint density at radius 1 is 1.31 bits per heavy atom. The highest BCUT2D eigenvalue weighted by molar-refractivity contribution is 7.30. The SMILES string of the molecule is CC(C)c1ccccc1C(N)=O.O=[PH](O)O. The maximum Gasteiger partial charge on any atom is 0.314 e. The molecular weight excluding hydrogens is 229 g/mol. The summed E-state index contributed by atoms with van der Waals surface area (Å²) in [7, 11) is -3.13. The highest BCUT2D eigenvalue weighted by Gasteiger charge is 2.08. The molecule has 5 nitrogen and oxygen atoms in total. The zero-order valence-electron chi connectivity index (χ0n) is 9.18. The minimum absolute atomic E-state index is 0.341. The highest BCUT2D eigenvalue weighted by atomic mass is 31.1. The van der Waals surface area contributed by atoms with Crippen LogP contribution in [0.5, 0.6) is 0 Å². The van der Waals surface area contributed by atoms with Crippen molar-refractivity contribution in [3.63, 3.8) is 0 Å². The Kier molecular flexibility index (Phi) is 6.65. The third-order valence-electron chi connectivity index (χ3n) is 1.85. The fraction of sp³-hybridized carbons (Fsp3) is 0.300. The largest absolute Gasteiger partial charge is 0.366 e. The molecule has 90 valence electrons. The van der Waals surface area contributed by atoms with Gasteiger partial charge in [-0.1, -0.05) is 32.0 Å². The van der Waals surface area contributed by atoms with Crippen molar-refractivity contribution in [3.05, 3.63) is 35.4 Å². The summed E-state index contributed by atoms with van der Waals surface area (Å²) in [5.41, 5.74) is 6.86. The quantitative estimate of drug-likeness (QED) is 0.683. The van der Waals surface area contributed by atoms with Gasteiger partial charge in [0.25, 0.3) is 0 Å². The minimum atomic E-state index is -3.13. The van der Waals surface area contributed by atoms with Crippen molar-refractivity contribution >= 4 is 14.2 Å². The lowest BCUT2D eigenvalue weighted by Crippen LogP contribution is -2.14. The second kappa shape index (κ2) is 7.17. The van der Waals surface area contributed by atoms with E-state index >= 15 is 0 Å². The summed E-state index contributed by atoms with van der Waals surface area (Å²) in [5, 5.41) is 0. The zero-order chi connectivity index (χ0) is 12.7. The van der Waals surface area contributed by atoms with Gasteiger partial charge in [0, 0.05) is 5.56 Å². The van der Waals surface area contributed by atoms with Crippen LogP contribution >= 0.6 is 8.25 Å². The fourth-order valence-electron chi connectivity index (χ4n) is 1.22. The Hall–Kier alpha value is -1.16. The Morgan fingerprint density at radius 3 is 2.06 bits per heavy atom. The molecule has 0 aliphatic carbocycles. The van der Waals surface area contributed by atoms with Crippen molar-refractivity contribution < 1.29 is 19.1 Å². The van der Waals surface area contributed by atoms with Crippen molar-refractivity contribution in [2.45, 2.75) is 19.8 Å². The van der Waals surface area contributed by atoms with Crippen LogP contribution in [0.3, 0.4) is 0 Å². The molecule has 0 radical (unpaired) electrons. The summed E-state index contributed by atoms with van der Waals surface area (Å²) >= 11 is 0. The maximum absolute atomic E-state index is 10.9. The molecule has 0 unspecified atom stereocenters. The predicted octanol–water partition coefficient (Wildman–Crippen LogP) is 1.27. The molecule has 4 N–H and O–H groups in total. The second-order valence-corrected chi connectivity index (χ2v) is 3.95. The van der Waals surface area contributed by atoms with Crippen LogP contribution in [0.1, 0.15) is 35.7 Å².